The van der Waals surface area contributed by atoms with Gasteiger partial charge in [-0.2, -0.15) is 0 Å². The Morgan fingerprint density at radius 2 is 2.42 bits per heavy atom. The summed E-state index contributed by atoms with van der Waals surface area (Å²) >= 11 is 0. The number of nitrogens with zero attached hydrogens (tertiary/aromatic N) is 2. The molecule has 0 unspecified atom stereocenters. The molecule has 0 saturated heterocycles. The lowest BCUT2D eigenvalue weighted by Crippen LogP contribution is -1.95. The fraction of sp³-hybridized carbons (Fsp3) is 0.167. The molecule has 0 aromatic carbocycles. The molecule has 1 aromatic rings. The second-order valence-electron chi connectivity index (χ2n) is 1.94. The van der Waals surface area contributed by atoms with E-state index in [9.17, 15) is 14.5 Å². The van der Waals surface area contributed by atoms with Crippen molar-refractivity contribution in [3.05, 3.63) is 28.2 Å². The van der Waals surface area contributed by atoms with Crippen molar-refractivity contribution in [2.24, 2.45) is 0 Å². The number of nitro groups is 1. The SMILES string of the molecule is COc1ncc([N+](=O)[O-])cc1F. The quantitative estimate of drug-likeness (QED) is 0.495. The van der Waals surface area contributed by atoms with E-state index in [2.05, 4.69) is 9.72 Å². The zero-order valence-electron chi connectivity index (χ0n) is 6.15. The number of hydrogen-bond acceptors (Lipinski definition) is 4. The highest BCUT2D eigenvalue weighted by molar-refractivity contribution is 5.30. The van der Waals surface area contributed by atoms with Crippen LogP contribution in [-0.2, 0) is 0 Å². The third kappa shape index (κ3) is 1.47. The lowest BCUT2D eigenvalue weighted by molar-refractivity contribution is -0.385. The van der Waals surface area contributed by atoms with Crippen LogP contribution in [0.25, 0.3) is 0 Å². The van der Waals surface area contributed by atoms with Gasteiger partial charge in [-0.3, -0.25) is 10.1 Å². The Morgan fingerprint density at radius 3 is 2.83 bits per heavy atom. The molecular formula is C6H5FN2O3. The number of methoxy groups -OCH3 is 1. The van der Waals surface area contributed by atoms with E-state index in [1.807, 2.05) is 0 Å². The Morgan fingerprint density at radius 1 is 1.75 bits per heavy atom. The van der Waals surface area contributed by atoms with Crippen molar-refractivity contribution in [1.82, 2.24) is 4.98 Å². The molecule has 6 heteroatoms. The van der Waals surface area contributed by atoms with Gasteiger partial charge in [0.05, 0.1) is 18.1 Å². The number of pyridine rings is 1. The molecule has 64 valence electrons. The van der Waals surface area contributed by atoms with Crippen LogP contribution in [0.1, 0.15) is 0 Å². The fourth-order valence-corrected chi connectivity index (χ4v) is 0.665. The van der Waals surface area contributed by atoms with Crippen LogP contribution in [0, 0.1) is 15.9 Å². The predicted octanol–water partition coefficient (Wildman–Crippen LogP) is 1.14. The highest BCUT2D eigenvalue weighted by Crippen LogP contribution is 2.17. The van der Waals surface area contributed by atoms with Gasteiger partial charge in [-0.1, -0.05) is 0 Å². The largest absolute Gasteiger partial charge is 0.479 e. The van der Waals surface area contributed by atoms with E-state index < -0.39 is 16.4 Å². The van der Waals surface area contributed by atoms with Crippen molar-refractivity contribution in [3.8, 4) is 5.88 Å². The van der Waals surface area contributed by atoms with Crippen LogP contribution < -0.4 is 4.74 Å². The Bertz CT molecular complexity index is 316. The van der Waals surface area contributed by atoms with Gasteiger partial charge in [0.25, 0.3) is 11.6 Å². The average molecular weight is 172 g/mol. The zero-order chi connectivity index (χ0) is 9.14. The summed E-state index contributed by atoms with van der Waals surface area (Å²) in [5.41, 5.74) is -0.395. The number of rotatable bonds is 2. The van der Waals surface area contributed by atoms with Crippen molar-refractivity contribution in [3.63, 3.8) is 0 Å². The van der Waals surface area contributed by atoms with Crippen molar-refractivity contribution in [2.75, 3.05) is 7.11 Å². The molecule has 0 aliphatic rings. The number of aromatic nitrogens is 1. The maximum atomic E-state index is 12.7. The third-order valence-electron chi connectivity index (χ3n) is 1.20. The molecule has 0 spiro atoms. The summed E-state index contributed by atoms with van der Waals surface area (Å²) in [7, 11) is 1.23. The molecule has 1 heterocycles. The van der Waals surface area contributed by atoms with Crippen molar-refractivity contribution in [2.45, 2.75) is 0 Å². The van der Waals surface area contributed by atoms with Gasteiger partial charge in [-0.05, 0) is 0 Å². The van der Waals surface area contributed by atoms with Crippen LogP contribution in [0.2, 0.25) is 0 Å². The number of halogens is 1. The number of hydrogen-bond donors (Lipinski definition) is 0. The predicted molar refractivity (Wildman–Crippen MR) is 37.4 cm³/mol. The first kappa shape index (κ1) is 8.38. The first-order valence-electron chi connectivity index (χ1n) is 2.99. The first-order valence-corrected chi connectivity index (χ1v) is 2.99. The lowest BCUT2D eigenvalue weighted by Gasteiger charge is -1.97. The summed E-state index contributed by atoms with van der Waals surface area (Å²) in [6.45, 7) is 0. The molecule has 0 amide bonds. The summed E-state index contributed by atoms with van der Waals surface area (Å²) in [6.07, 6.45) is 0.932. The van der Waals surface area contributed by atoms with Crippen molar-refractivity contribution < 1.29 is 14.1 Å². The Labute approximate surface area is 66.9 Å². The minimum absolute atomic E-state index is 0.249. The third-order valence-corrected chi connectivity index (χ3v) is 1.20. The smallest absolute Gasteiger partial charge is 0.290 e. The van der Waals surface area contributed by atoms with Crippen LogP contribution in [-0.4, -0.2) is 17.0 Å². The average Bonchev–Trinajstić information content (AvgIpc) is 2.04. The van der Waals surface area contributed by atoms with E-state index in [1.165, 1.54) is 7.11 Å². The molecule has 0 fully saturated rings. The summed E-state index contributed by atoms with van der Waals surface area (Å²) in [5, 5.41) is 10.1. The number of ether oxygens (including phenoxy) is 1. The normalized spacial score (nSPS) is 9.50. The lowest BCUT2D eigenvalue weighted by atomic mass is 10.4. The molecule has 0 aliphatic carbocycles. The summed E-state index contributed by atoms with van der Waals surface area (Å²) in [4.78, 5) is 12.8. The molecule has 0 aliphatic heterocycles. The summed E-state index contributed by atoms with van der Waals surface area (Å²) < 4.78 is 17.2. The molecule has 0 N–H and O–H groups in total. The summed E-state index contributed by atoms with van der Waals surface area (Å²) in [6, 6.07) is 0.756. The van der Waals surface area contributed by atoms with E-state index in [1.54, 1.807) is 0 Å². The van der Waals surface area contributed by atoms with E-state index in [-0.39, 0.29) is 5.88 Å². The van der Waals surface area contributed by atoms with Gasteiger partial charge in [0, 0.05) is 0 Å². The minimum Gasteiger partial charge on any atom is -0.479 e. The second-order valence-corrected chi connectivity index (χ2v) is 1.94. The molecule has 0 atom stereocenters. The maximum absolute atomic E-state index is 12.7. The van der Waals surface area contributed by atoms with Crippen LogP contribution in [0.3, 0.4) is 0 Å². The molecule has 0 bridgehead atoms. The fourth-order valence-electron chi connectivity index (χ4n) is 0.665. The monoisotopic (exact) mass is 172 g/mol. The Hall–Kier alpha value is -1.72. The van der Waals surface area contributed by atoms with Crippen LogP contribution in [0.15, 0.2) is 12.3 Å². The molecule has 12 heavy (non-hydrogen) atoms. The van der Waals surface area contributed by atoms with Crippen LogP contribution in [0.5, 0.6) is 5.88 Å². The van der Waals surface area contributed by atoms with Crippen molar-refractivity contribution in [1.29, 1.82) is 0 Å². The highest BCUT2D eigenvalue weighted by Gasteiger charge is 2.11. The molecule has 0 radical (unpaired) electrons. The topological polar surface area (TPSA) is 65.3 Å². The van der Waals surface area contributed by atoms with E-state index in [0.29, 0.717) is 0 Å². The van der Waals surface area contributed by atoms with Crippen LogP contribution >= 0.6 is 0 Å². The summed E-state index contributed by atoms with van der Waals surface area (Å²) in [5.74, 6) is -1.09. The Balaban J connectivity index is 3.10. The molecular weight excluding hydrogens is 167 g/mol. The van der Waals surface area contributed by atoms with Gasteiger partial charge in [-0.25, -0.2) is 9.37 Å². The van der Waals surface area contributed by atoms with Gasteiger partial charge >= 0.3 is 0 Å². The molecule has 0 saturated carbocycles. The van der Waals surface area contributed by atoms with E-state index in [0.717, 1.165) is 12.3 Å². The zero-order valence-corrected chi connectivity index (χ0v) is 6.15. The molecule has 5 nitrogen and oxygen atoms in total. The Kier molecular flexibility index (Phi) is 2.18. The van der Waals surface area contributed by atoms with Gasteiger partial charge in [-0.15, -0.1) is 0 Å². The minimum atomic E-state index is -0.841. The highest BCUT2D eigenvalue weighted by atomic mass is 19.1. The standard InChI is InChI=1S/C6H5FN2O3/c1-12-6-5(7)2-4(3-8-6)9(10)11/h2-3H,1H3. The van der Waals surface area contributed by atoms with Crippen LogP contribution in [0.4, 0.5) is 10.1 Å². The van der Waals surface area contributed by atoms with Gasteiger partial charge in [0.2, 0.25) is 0 Å². The van der Waals surface area contributed by atoms with E-state index >= 15 is 0 Å². The van der Waals surface area contributed by atoms with Gasteiger partial charge < -0.3 is 4.74 Å². The maximum Gasteiger partial charge on any atom is 0.290 e. The van der Waals surface area contributed by atoms with Crippen molar-refractivity contribution >= 4 is 5.69 Å². The molecule has 1 aromatic heterocycles. The van der Waals surface area contributed by atoms with Gasteiger partial charge in [0.1, 0.15) is 6.20 Å². The second kappa shape index (κ2) is 3.12. The van der Waals surface area contributed by atoms with E-state index in [4.69, 9.17) is 0 Å². The van der Waals surface area contributed by atoms with Gasteiger partial charge in [0.15, 0.2) is 5.82 Å². The molecule has 1 rings (SSSR count). The first-order chi connectivity index (χ1) is 5.65.